The van der Waals surface area contributed by atoms with Gasteiger partial charge in [-0.15, -0.1) is 24.8 Å². The number of carbonyl (C=O) groups is 1. The van der Waals surface area contributed by atoms with E-state index in [1.54, 1.807) is 0 Å². The molecule has 0 bridgehead atoms. The van der Waals surface area contributed by atoms with Crippen molar-refractivity contribution in [1.82, 2.24) is 15.5 Å². The van der Waals surface area contributed by atoms with E-state index in [1.807, 2.05) is 0 Å². The first-order valence-corrected chi connectivity index (χ1v) is 7.54. The van der Waals surface area contributed by atoms with Crippen LogP contribution in [0.5, 0.6) is 0 Å². The Labute approximate surface area is 140 Å². The lowest BCUT2D eigenvalue weighted by atomic mass is 10.0. The van der Waals surface area contributed by atoms with Crippen LogP contribution in [0.1, 0.15) is 26.2 Å². The molecule has 0 spiro atoms. The second-order valence-electron chi connectivity index (χ2n) is 5.78. The molecule has 0 aromatic carbocycles. The Morgan fingerprint density at radius 1 is 1.38 bits per heavy atom. The van der Waals surface area contributed by atoms with Crippen molar-refractivity contribution < 1.29 is 9.53 Å². The molecular weight excluding hydrogens is 313 g/mol. The Morgan fingerprint density at radius 3 is 2.71 bits per heavy atom. The minimum atomic E-state index is 0. The lowest BCUT2D eigenvalue weighted by molar-refractivity contribution is -0.122. The van der Waals surface area contributed by atoms with Crippen LogP contribution < -0.4 is 10.6 Å². The number of carbonyl (C=O) groups excluding carboxylic acids is 1. The zero-order valence-electron chi connectivity index (χ0n) is 12.8. The number of nitrogens with one attached hydrogen (secondary N) is 2. The van der Waals surface area contributed by atoms with Gasteiger partial charge in [0, 0.05) is 32.1 Å². The number of halogens is 2. The van der Waals surface area contributed by atoms with Crippen LogP contribution in [0.4, 0.5) is 0 Å². The molecular formula is C14H29Cl2N3O2. The molecule has 0 aromatic heterocycles. The van der Waals surface area contributed by atoms with Crippen LogP contribution in [0.3, 0.4) is 0 Å². The molecule has 2 atom stereocenters. The number of rotatable bonds is 6. The summed E-state index contributed by atoms with van der Waals surface area (Å²) in [5.74, 6) is 0.896. The quantitative estimate of drug-likeness (QED) is 0.758. The highest BCUT2D eigenvalue weighted by Gasteiger charge is 2.18. The number of hydrogen-bond acceptors (Lipinski definition) is 4. The molecule has 0 saturated carbocycles. The largest absolute Gasteiger partial charge is 0.379 e. The monoisotopic (exact) mass is 341 g/mol. The van der Waals surface area contributed by atoms with E-state index >= 15 is 0 Å². The zero-order valence-corrected chi connectivity index (χ0v) is 14.4. The zero-order chi connectivity index (χ0) is 13.5. The Bertz CT molecular complexity index is 283. The van der Waals surface area contributed by atoms with Gasteiger partial charge in [-0.2, -0.15) is 0 Å². The fourth-order valence-electron chi connectivity index (χ4n) is 2.86. The molecule has 2 aliphatic rings. The fourth-order valence-corrected chi connectivity index (χ4v) is 2.86. The van der Waals surface area contributed by atoms with E-state index < -0.39 is 0 Å². The van der Waals surface area contributed by atoms with Gasteiger partial charge in [0.25, 0.3) is 0 Å². The molecule has 1 amide bonds. The summed E-state index contributed by atoms with van der Waals surface area (Å²) in [7, 11) is 0. The van der Waals surface area contributed by atoms with Crippen molar-refractivity contribution in [1.29, 1.82) is 0 Å². The average molecular weight is 342 g/mol. The van der Waals surface area contributed by atoms with E-state index in [4.69, 9.17) is 4.74 Å². The van der Waals surface area contributed by atoms with Gasteiger partial charge in [-0.25, -0.2) is 0 Å². The highest BCUT2D eigenvalue weighted by molar-refractivity contribution is 5.85. The highest BCUT2D eigenvalue weighted by atomic mass is 35.5. The minimum Gasteiger partial charge on any atom is -0.379 e. The van der Waals surface area contributed by atoms with Crippen molar-refractivity contribution in [2.75, 3.05) is 45.9 Å². The first-order chi connectivity index (χ1) is 9.24. The minimum absolute atomic E-state index is 0. The molecule has 2 unspecified atom stereocenters. The summed E-state index contributed by atoms with van der Waals surface area (Å²) in [5, 5.41) is 6.45. The first kappa shape index (κ1) is 20.9. The van der Waals surface area contributed by atoms with Crippen LogP contribution in [-0.2, 0) is 9.53 Å². The number of amides is 1. The lowest BCUT2D eigenvalue weighted by Gasteiger charge is -2.29. The van der Waals surface area contributed by atoms with Crippen molar-refractivity contribution >= 4 is 30.7 Å². The molecule has 2 fully saturated rings. The third-order valence-electron chi connectivity index (χ3n) is 3.99. The molecule has 5 nitrogen and oxygen atoms in total. The standard InChI is InChI=1S/C14H27N3O2.2ClH/c1-12(11-17-6-8-19-9-7-17)16-14(18)3-2-13-4-5-15-10-13;;/h12-13,15H,2-11H2,1H3,(H,16,18);2*1H. The molecule has 21 heavy (non-hydrogen) atoms. The predicted octanol–water partition coefficient (Wildman–Crippen LogP) is 1.06. The maximum absolute atomic E-state index is 11.9. The number of morpholine rings is 1. The summed E-state index contributed by atoms with van der Waals surface area (Å²) < 4.78 is 5.32. The molecule has 126 valence electrons. The van der Waals surface area contributed by atoms with Gasteiger partial charge in [0.15, 0.2) is 0 Å². The summed E-state index contributed by atoms with van der Waals surface area (Å²) in [6, 6.07) is 0.229. The Morgan fingerprint density at radius 2 is 2.10 bits per heavy atom. The van der Waals surface area contributed by atoms with Crippen molar-refractivity contribution in [3.05, 3.63) is 0 Å². The van der Waals surface area contributed by atoms with Crippen molar-refractivity contribution in [3.63, 3.8) is 0 Å². The predicted molar refractivity (Wildman–Crippen MR) is 89.6 cm³/mol. The van der Waals surface area contributed by atoms with Gasteiger partial charge in [0.05, 0.1) is 13.2 Å². The summed E-state index contributed by atoms with van der Waals surface area (Å²) in [6.45, 7) is 8.80. The van der Waals surface area contributed by atoms with Crippen molar-refractivity contribution in [2.45, 2.75) is 32.2 Å². The Balaban J connectivity index is 0.00000200. The van der Waals surface area contributed by atoms with Gasteiger partial charge in [0.2, 0.25) is 5.91 Å². The summed E-state index contributed by atoms with van der Waals surface area (Å²) in [6.07, 6.45) is 2.90. The van der Waals surface area contributed by atoms with E-state index in [0.717, 1.165) is 52.4 Å². The van der Waals surface area contributed by atoms with E-state index in [1.165, 1.54) is 6.42 Å². The molecule has 2 N–H and O–H groups in total. The second kappa shape index (κ2) is 11.5. The maximum Gasteiger partial charge on any atom is 0.220 e. The maximum atomic E-state index is 11.9. The lowest BCUT2D eigenvalue weighted by Crippen LogP contribution is -2.46. The van der Waals surface area contributed by atoms with Crippen LogP contribution in [0.2, 0.25) is 0 Å². The van der Waals surface area contributed by atoms with Crippen LogP contribution in [0, 0.1) is 5.92 Å². The molecule has 0 aliphatic carbocycles. The second-order valence-corrected chi connectivity index (χ2v) is 5.78. The van der Waals surface area contributed by atoms with Gasteiger partial charge < -0.3 is 15.4 Å². The van der Waals surface area contributed by atoms with Gasteiger partial charge >= 0.3 is 0 Å². The van der Waals surface area contributed by atoms with Crippen molar-refractivity contribution in [2.24, 2.45) is 5.92 Å². The summed E-state index contributed by atoms with van der Waals surface area (Å²) in [5.41, 5.74) is 0. The van der Waals surface area contributed by atoms with E-state index in [0.29, 0.717) is 12.3 Å². The Kier molecular flexibility index (Phi) is 11.5. The third-order valence-corrected chi connectivity index (χ3v) is 3.99. The van der Waals surface area contributed by atoms with Crippen LogP contribution in [0.15, 0.2) is 0 Å². The molecule has 2 heterocycles. The molecule has 0 aromatic rings. The summed E-state index contributed by atoms with van der Waals surface area (Å²) in [4.78, 5) is 14.2. The summed E-state index contributed by atoms with van der Waals surface area (Å²) >= 11 is 0. The molecule has 0 radical (unpaired) electrons. The molecule has 7 heteroatoms. The van der Waals surface area contributed by atoms with Gasteiger partial charge in [-0.05, 0) is 38.8 Å². The number of hydrogen-bond donors (Lipinski definition) is 2. The van der Waals surface area contributed by atoms with Gasteiger partial charge in [0.1, 0.15) is 0 Å². The topological polar surface area (TPSA) is 53.6 Å². The first-order valence-electron chi connectivity index (χ1n) is 7.54. The SMILES string of the molecule is CC(CN1CCOCC1)NC(=O)CCC1CCNC1.Cl.Cl. The van der Waals surface area contributed by atoms with Crippen LogP contribution in [0.25, 0.3) is 0 Å². The van der Waals surface area contributed by atoms with E-state index in [-0.39, 0.29) is 36.8 Å². The fraction of sp³-hybridized carbons (Fsp3) is 0.929. The van der Waals surface area contributed by atoms with Crippen LogP contribution >= 0.6 is 24.8 Å². The molecule has 2 saturated heterocycles. The van der Waals surface area contributed by atoms with Gasteiger partial charge in [-0.3, -0.25) is 9.69 Å². The highest BCUT2D eigenvalue weighted by Crippen LogP contribution is 2.14. The van der Waals surface area contributed by atoms with Gasteiger partial charge in [-0.1, -0.05) is 0 Å². The Hall–Kier alpha value is -0.0700. The molecule has 2 aliphatic heterocycles. The number of nitrogens with zero attached hydrogens (tertiary/aromatic N) is 1. The normalized spacial score (nSPS) is 23.8. The van der Waals surface area contributed by atoms with E-state index in [9.17, 15) is 4.79 Å². The van der Waals surface area contributed by atoms with Crippen molar-refractivity contribution in [3.8, 4) is 0 Å². The number of ether oxygens (including phenoxy) is 1. The smallest absolute Gasteiger partial charge is 0.220 e. The van der Waals surface area contributed by atoms with E-state index in [2.05, 4.69) is 22.5 Å². The average Bonchev–Trinajstić information content (AvgIpc) is 2.90. The molecule has 2 rings (SSSR count). The van der Waals surface area contributed by atoms with Crippen LogP contribution in [-0.4, -0.2) is 62.8 Å². The third kappa shape index (κ3) is 8.21.